The van der Waals surface area contributed by atoms with Crippen molar-refractivity contribution in [3.63, 3.8) is 0 Å². The van der Waals surface area contributed by atoms with Gasteiger partial charge in [0.25, 0.3) is 0 Å². The third-order valence-corrected chi connectivity index (χ3v) is 6.66. The molecule has 1 fully saturated rings. The van der Waals surface area contributed by atoms with Gasteiger partial charge < -0.3 is 4.74 Å². The van der Waals surface area contributed by atoms with Crippen molar-refractivity contribution in [2.45, 2.75) is 31.4 Å². The van der Waals surface area contributed by atoms with Gasteiger partial charge in [-0.3, -0.25) is 0 Å². The highest BCUT2D eigenvalue weighted by Crippen LogP contribution is 2.62. The summed E-state index contributed by atoms with van der Waals surface area (Å²) in [5.74, 6) is -0.243. The maximum Gasteiger partial charge on any atom is 0.155 e. The van der Waals surface area contributed by atoms with Crippen LogP contribution in [0, 0.1) is 16.7 Å². The highest BCUT2D eigenvalue weighted by atomic mass is 32.2. The summed E-state index contributed by atoms with van der Waals surface area (Å²) < 4.78 is 29.8. The number of methoxy groups -OCH3 is 1. The summed E-state index contributed by atoms with van der Waals surface area (Å²) in [5, 5.41) is 8.90. The SMILES string of the molecule is CCc1ccc([C@@H]2[C@@H](S(=O)(=O)CC)[C@@]2(C#N)COC)cc1. The Morgan fingerprint density at radius 2 is 1.90 bits per heavy atom. The zero-order valence-corrected chi connectivity index (χ0v) is 13.5. The highest BCUT2D eigenvalue weighted by molar-refractivity contribution is 7.92. The highest BCUT2D eigenvalue weighted by Gasteiger charge is 2.71. The fourth-order valence-corrected chi connectivity index (χ4v) is 5.12. The average molecular weight is 307 g/mol. The van der Waals surface area contributed by atoms with Gasteiger partial charge in [0.05, 0.1) is 17.9 Å². The molecule has 0 aliphatic heterocycles. The van der Waals surface area contributed by atoms with Gasteiger partial charge in [0.2, 0.25) is 0 Å². The average Bonchev–Trinajstić information content (AvgIpc) is 3.18. The van der Waals surface area contributed by atoms with E-state index in [0.29, 0.717) is 0 Å². The van der Waals surface area contributed by atoms with Crippen LogP contribution in [-0.4, -0.2) is 33.1 Å². The molecule has 3 atom stereocenters. The molecule has 0 heterocycles. The smallest absolute Gasteiger partial charge is 0.155 e. The standard InChI is InChI=1S/C16H21NO3S/c1-4-12-6-8-13(9-7-12)14-15(21(18,19)5-2)16(14,10-17)11-20-3/h6-9,14-15H,4-5,11H2,1-3H3/t14-,15-,16+/m1/s1. The molecular formula is C16H21NO3S. The molecule has 1 aliphatic rings. The van der Waals surface area contributed by atoms with Crippen molar-refractivity contribution in [3.8, 4) is 6.07 Å². The molecule has 0 N–H and O–H groups in total. The molecule has 4 nitrogen and oxygen atoms in total. The molecule has 0 aromatic heterocycles. The van der Waals surface area contributed by atoms with Crippen molar-refractivity contribution in [1.29, 1.82) is 5.26 Å². The first-order chi connectivity index (χ1) is 9.96. The van der Waals surface area contributed by atoms with Crippen molar-refractivity contribution < 1.29 is 13.2 Å². The van der Waals surface area contributed by atoms with Crippen LogP contribution in [0.5, 0.6) is 0 Å². The van der Waals surface area contributed by atoms with E-state index < -0.39 is 20.5 Å². The fourth-order valence-electron chi connectivity index (χ4n) is 3.12. The molecule has 1 aromatic rings. The number of benzene rings is 1. The minimum atomic E-state index is -3.28. The first kappa shape index (κ1) is 16.0. The minimum Gasteiger partial charge on any atom is -0.383 e. The molecular weight excluding hydrogens is 286 g/mol. The number of rotatable bonds is 6. The number of hydrogen-bond acceptors (Lipinski definition) is 4. The normalized spacial score (nSPS) is 28.1. The van der Waals surface area contributed by atoms with E-state index in [0.717, 1.165) is 12.0 Å². The van der Waals surface area contributed by atoms with E-state index in [2.05, 4.69) is 13.0 Å². The Bertz CT molecular complexity index is 645. The number of nitrogens with zero attached hydrogens (tertiary/aromatic N) is 1. The molecule has 21 heavy (non-hydrogen) atoms. The predicted molar refractivity (Wildman–Crippen MR) is 81.7 cm³/mol. The lowest BCUT2D eigenvalue weighted by atomic mass is 10.00. The summed E-state index contributed by atoms with van der Waals surface area (Å²) in [4.78, 5) is 0. The maximum atomic E-state index is 12.3. The zero-order valence-electron chi connectivity index (χ0n) is 12.7. The molecule has 0 bridgehead atoms. The summed E-state index contributed by atoms with van der Waals surface area (Å²) in [6.45, 7) is 3.84. The van der Waals surface area contributed by atoms with E-state index in [4.69, 9.17) is 4.74 Å². The summed E-state index contributed by atoms with van der Waals surface area (Å²) >= 11 is 0. The molecule has 0 amide bonds. The van der Waals surface area contributed by atoms with E-state index >= 15 is 0 Å². The van der Waals surface area contributed by atoms with Crippen LogP contribution >= 0.6 is 0 Å². The van der Waals surface area contributed by atoms with Gasteiger partial charge in [-0.05, 0) is 17.5 Å². The first-order valence-corrected chi connectivity index (χ1v) is 8.89. The molecule has 5 heteroatoms. The van der Waals surface area contributed by atoms with Crippen LogP contribution in [0.1, 0.15) is 30.9 Å². The largest absolute Gasteiger partial charge is 0.383 e. The van der Waals surface area contributed by atoms with Crippen molar-refractivity contribution >= 4 is 9.84 Å². The maximum absolute atomic E-state index is 12.3. The number of nitriles is 1. The molecule has 1 aliphatic carbocycles. The molecule has 114 valence electrons. The Hall–Kier alpha value is -1.38. The summed E-state index contributed by atoms with van der Waals surface area (Å²) in [5.41, 5.74) is 1.16. The second-order valence-corrected chi connectivity index (χ2v) is 7.94. The van der Waals surface area contributed by atoms with Gasteiger partial charge in [0.15, 0.2) is 9.84 Å². The van der Waals surface area contributed by atoms with E-state index in [1.165, 1.54) is 12.7 Å². The van der Waals surface area contributed by atoms with Crippen LogP contribution in [0.15, 0.2) is 24.3 Å². The molecule has 0 spiro atoms. The Morgan fingerprint density at radius 3 is 2.33 bits per heavy atom. The lowest BCUT2D eigenvalue weighted by molar-refractivity contribution is 0.162. The zero-order chi connectivity index (χ0) is 15.7. The lowest BCUT2D eigenvalue weighted by Crippen LogP contribution is -2.20. The first-order valence-electron chi connectivity index (χ1n) is 7.17. The number of sulfone groups is 1. The minimum absolute atomic E-state index is 0.0500. The van der Waals surface area contributed by atoms with Crippen LogP contribution in [-0.2, 0) is 21.0 Å². The van der Waals surface area contributed by atoms with Gasteiger partial charge in [0.1, 0.15) is 5.41 Å². The number of aryl methyl sites for hydroxylation is 1. The van der Waals surface area contributed by atoms with Crippen LogP contribution in [0.25, 0.3) is 0 Å². The van der Waals surface area contributed by atoms with E-state index in [9.17, 15) is 13.7 Å². The van der Waals surface area contributed by atoms with Crippen LogP contribution in [0.3, 0.4) is 0 Å². The van der Waals surface area contributed by atoms with Gasteiger partial charge in [-0.2, -0.15) is 5.26 Å². The molecule has 2 rings (SSSR count). The molecule has 1 aromatic carbocycles. The van der Waals surface area contributed by atoms with Gasteiger partial charge in [-0.15, -0.1) is 0 Å². The second-order valence-electron chi connectivity index (χ2n) is 5.53. The molecule has 1 saturated carbocycles. The van der Waals surface area contributed by atoms with Gasteiger partial charge in [-0.1, -0.05) is 38.1 Å². The number of ether oxygens (including phenoxy) is 1. The third kappa shape index (κ3) is 2.58. The van der Waals surface area contributed by atoms with Gasteiger partial charge in [0, 0.05) is 18.8 Å². The Kier molecular flexibility index (Phi) is 4.40. The number of hydrogen-bond donors (Lipinski definition) is 0. The van der Waals surface area contributed by atoms with Crippen molar-refractivity contribution in [3.05, 3.63) is 35.4 Å². The summed E-state index contributed by atoms with van der Waals surface area (Å²) in [6, 6.07) is 10.1. The Morgan fingerprint density at radius 1 is 1.29 bits per heavy atom. The van der Waals surface area contributed by atoms with Gasteiger partial charge in [-0.25, -0.2) is 8.42 Å². The Balaban J connectivity index is 2.42. The van der Waals surface area contributed by atoms with E-state index in [1.54, 1.807) is 6.92 Å². The van der Waals surface area contributed by atoms with Crippen molar-refractivity contribution in [1.82, 2.24) is 0 Å². The lowest BCUT2D eigenvalue weighted by Gasteiger charge is -2.07. The molecule has 0 unspecified atom stereocenters. The predicted octanol–water partition coefficient (Wildman–Crippen LogP) is 2.31. The summed E-state index contributed by atoms with van der Waals surface area (Å²) in [6.07, 6.45) is 0.934. The summed E-state index contributed by atoms with van der Waals surface area (Å²) in [7, 11) is -1.78. The fraction of sp³-hybridized carbons (Fsp3) is 0.562. The van der Waals surface area contributed by atoms with E-state index in [-0.39, 0.29) is 18.3 Å². The van der Waals surface area contributed by atoms with Crippen molar-refractivity contribution in [2.24, 2.45) is 5.41 Å². The second kappa shape index (κ2) is 5.78. The Labute approximate surface area is 126 Å². The topological polar surface area (TPSA) is 67.2 Å². The van der Waals surface area contributed by atoms with E-state index in [1.807, 2.05) is 24.3 Å². The van der Waals surface area contributed by atoms with Gasteiger partial charge >= 0.3 is 0 Å². The van der Waals surface area contributed by atoms with Crippen LogP contribution in [0.4, 0.5) is 0 Å². The van der Waals surface area contributed by atoms with Crippen LogP contribution < -0.4 is 0 Å². The van der Waals surface area contributed by atoms with Crippen molar-refractivity contribution in [2.75, 3.05) is 19.5 Å². The molecule has 0 saturated heterocycles. The third-order valence-electron chi connectivity index (χ3n) is 4.38. The molecule has 0 radical (unpaired) electrons. The quantitative estimate of drug-likeness (QED) is 0.809. The monoisotopic (exact) mass is 307 g/mol. The van der Waals surface area contributed by atoms with Crippen LogP contribution in [0.2, 0.25) is 0 Å².